The molecule has 0 heterocycles. The van der Waals surface area contributed by atoms with E-state index in [1.165, 1.54) is 0 Å². The number of ether oxygens (including phenoxy) is 2. The molecule has 1 unspecified atom stereocenters. The smallest absolute Gasteiger partial charge is 0.127 e. The van der Waals surface area contributed by atoms with Gasteiger partial charge < -0.3 is 9.47 Å². The minimum Gasteiger partial charge on any atom is -0.457 e. The highest BCUT2D eigenvalue weighted by molar-refractivity contribution is 14.1. The molecule has 1 atom stereocenters. The van der Waals surface area contributed by atoms with E-state index in [1.807, 2.05) is 60.7 Å². The predicted octanol–water partition coefficient (Wildman–Crippen LogP) is 6.54. The zero-order chi connectivity index (χ0) is 16.7. The molecule has 4 heteroatoms. The molecule has 0 fully saturated rings. The zero-order valence-corrected chi connectivity index (χ0v) is 16.1. The molecule has 2 rings (SSSR count). The first-order chi connectivity index (χ1) is 11.0. The van der Waals surface area contributed by atoms with Crippen LogP contribution in [0.15, 0.2) is 66.2 Å². The summed E-state index contributed by atoms with van der Waals surface area (Å²) in [6.07, 6.45) is 1.95. The van der Waals surface area contributed by atoms with Gasteiger partial charge in [-0.05, 0) is 29.8 Å². The van der Waals surface area contributed by atoms with E-state index in [2.05, 4.69) is 36.4 Å². The lowest BCUT2D eigenvalue weighted by atomic mass is 9.95. The Morgan fingerprint density at radius 1 is 1.09 bits per heavy atom. The maximum absolute atomic E-state index is 5.97. The van der Waals surface area contributed by atoms with Crippen LogP contribution in [0.1, 0.15) is 19.4 Å². The fourth-order valence-electron chi connectivity index (χ4n) is 1.95. The average molecular weight is 443 g/mol. The Morgan fingerprint density at radius 2 is 1.78 bits per heavy atom. The monoisotopic (exact) mass is 442 g/mol. The minimum absolute atomic E-state index is 0.0220. The van der Waals surface area contributed by atoms with E-state index in [4.69, 9.17) is 21.1 Å². The summed E-state index contributed by atoms with van der Waals surface area (Å²) in [5, 5.41) is 0. The Kier molecular flexibility index (Phi) is 6.93. The van der Waals surface area contributed by atoms with Crippen molar-refractivity contribution in [3.63, 3.8) is 0 Å². The van der Waals surface area contributed by atoms with E-state index in [9.17, 15) is 0 Å². The second kappa shape index (κ2) is 8.71. The third-order valence-electron chi connectivity index (χ3n) is 3.35. The molecule has 2 nitrogen and oxygen atoms in total. The molecule has 0 spiro atoms. The molecule has 0 amide bonds. The maximum Gasteiger partial charge on any atom is 0.127 e. The summed E-state index contributed by atoms with van der Waals surface area (Å²) < 4.78 is 11.8. The topological polar surface area (TPSA) is 18.5 Å². The lowest BCUT2D eigenvalue weighted by Crippen LogP contribution is -2.24. The van der Waals surface area contributed by atoms with Crippen molar-refractivity contribution >= 4 is 34.2 Å². The van der Waals surface area contributed by atoms with Crippen LogP contribution in [-0.4, -0.2) is 4.11 Å². The SMILES string of the molecule is CC(C)(C=CCl)C(I)OCc1cccc(Oc2ccccc2)c1. The fourth-order valence-corrected chi connectivity index (χ4v) is 2.66. The van der Waals surface area contributed by atoms with Crippen LogP contribution in [-0.2, 0) is 11.3 Å². The van der Waals surface area contributed by atoms with Gasteiger partial charge in [-0.1, -0.05) is 84.4 Å². The van der Waals surface area contributed by atoms with Crippen LogP contribution in [0.3, 0.4) is 0 Å². The molecule has 23 heavy (non-hydrogen) atoms. The van der Waals surface area contributed by atoms with Crippen LogP contribution < -0.4 is 4.74 Å². The number of alkyl halides is 1. The summed E-state index contributed by atoms with van der Waals surface area (Å²) in [6, 6.07) is 17.7. The van der Waals surface area contributed by atoms with Gasteiger partial charge in [-0.3, -0.25) is 0 Å². The molecule has 0 bridgehead atoms. The Labute approximate surface area is 156 Å². The second-order valence-corrected chi connectivity index (χ2v) is 7.19. The van der Waals surface area contributed by atoms with Gasteiger partial charge >= 0.3 is 0 Å². The Balaban J connectivity index is 1.98. The van der Waals surface area contributed by atoms with Crippen LogP contribution in [0.4, 0.5) is 0 Å². The summed E-state index contributed by atoms with van der Waals surface area (Å²) in [4.78, 5) is 0. The molecule has 0 saturated carbocycles. The van der Waals surface area contributed by atoms with Gasteiger partial charge in [0.1, 0.15) is 15.6 Å². The summed E-state index contributed by atoms with van der Waals surface area (Å²) in [7, 11) is 0. The van der Waals surface area contributed by atoms with Crippen molar-refractivity contribution in [1.29, 1.82) is 0 Å². The molecule has 122 valence electrons. The van der Waals surface area contributed by atoms with Crippen LogP contribution in [0.2, 0.25) is 0 Å². The van der Waals surface area contributed by atoms with E-state index in [1.54, 1.807) is 5.54 Å². The summed E-state index contributed by atoms with van der Waals surface area (Å²) in [6.45, 7) is 4.72. The Morgan fingerprint density at radius 3 is 2.48 bits per heavy atom. The number of hydrogen-bond acceptors (Lipinski definition) is 2. The van der Waals surface area contributed by atoms with Crippen LogP contribution in [0.5, 0.6) is 11.5 Å². The largest absolute Gasteiger partial charge is 0.457 e. The highest BCUT2D eigenvalue weighted by atomic mass is 127. The lowest BCUT2D eigenvalue weighted by Gasteiger charge is -2.26. The van der Waals surface area contributed by atoms with Gasteiger partial charge in [0.2, 0.25) is 0 Å². The summed E-state index contributed by atoms with van der Waals surface area (Å²) in [5.41, 5.74) is 2.50. The van der Waals surface area contributed by atoms with E-state index >= 15 is 0 Å². The van der Waals surface area contributed by atoms with E-state index in [0.29, 0.717) is 6.61 Å². The number of benzene rings is 2. The number of para-hydroxylation sites is 1. The number of rotatable bonds is 7. The standard InChI is InChI=1S/C19H20ClIO2/c1-19(2,11-12-20)18(21)22-14-15-7-6-10-17(13-15)23-16-8-4-3-5-9-16/h3-13,18H,14H2,1-2H3. The first kappa shape index (κ1) is 18.3. The first-order valence-corrected chi connectivity index (χ1v) is 9.05. The van der Waals surface area contributed by atoms with Crippen molar-refractivity contribution in [2.24, 2.45) is 5.41 Å². The zero-order valence-electron chi connectivity index (χ0n) is 13.2. The molecule has 0 aromatic heterocycles. The van der Waals surface area contributed by atoms with Crippen molar-refractivity contribution in [2.45, 2.75) is 24.6 Å². The van der Waals surface area contributed by atoms with Crippen molar-refractivity contribution in [3.8, 4) is 11.5 Å². The molecule has 0 aliphatic heterocycles. The van der Waals surface area contributed by atoms with Gasteiger partial charge in [0.05, 0.1) is 6.61 Å². The van der Waals surface area contributed by atoms with Crippen molar-refractivity contribution in [2.75, 3.05) is 0 Å². The van der Waals surface area contributed by atoms with Gasteiger partial charge in [-0.25, -0.2) is 0 Å². The summed E-state index contributed by atoms with van der Waals surface area (Å²) in [5.74, 6) is 1.63. The molecule has 0 aliphatic carbocycles. The average Bonchev–Trinajstić information content (AvgIpc) is 2.54. The van der Waals surface area contributed by atoms with Gasteiger partial charge in [0.15, 0.2) is 0 Å². The molecule has 0 aliphatic rings. The van der Waals surface area contributed by atoms with Crippen molar-refractivity contribution in [1.82, 2.24) is 0 Å². The Hall–Kier alpha value is -1.04. The number of hydrogen-bond donors (Lipinski definition) is 0. The normalized spacial score (nSPS) is 13.2. The third-order valence-corrected chi connectivity index (χ3v) is 5.44. The van der Waals surface area contributed by atoms with Gasteiger partial charge in [0.25, 0.3) is 0 Å². The van der Waals surface area contributed by atoms with Gasteiger partial charge in [0, 0.05) is 11.0 Å². The van der Waals surface area contributed by atoms with Crippen molar-refractivity contribution < 1.29 is 9.47 Å². The highest BCUT2D eigenvalue weighted by Crippen LogP contribution is 2.31. The maximum atomic E-state index is 5.97. The van der Waals surface area contributed by atoms with Gasteiger partial charge in [-0.15, -0.1) is 0 Å². The molecule has 0 saturated heterocycles. The minimum atomic E-state index is -0.125. The first-order valence-electron chi connectivity index (χ1n) is 7.37. The molecule has 0 radical (unpaired) electrons. The summed E-state index contributed by atoms with van der Waals surface area (Å²) >= 11 is 7.99. The molecular weight excluding hydrogens is 423 g/mol. The lowest BCUT2D eigenvalue weighted by molar-refractivity contribution is 0.0566. The molecular formula is C19H20ClIO2. The third kappa shape index (κ3) is 5.83. The van der Waals surface area contributed by atoms with Crippen LogP contribution in [0, 0.1) is 5.41 Å². The molecule has 0 N–H and O–H groups in total. The van der Waals surface area contributed by atoms with E-state index in [0.717, 1.165) is 17.1 Å². The number of halogens is 2. The van der Waals surface area contributed by atoms with E-state index in [-0.39, 0.29) is 9.53 Å². The van der Waals surface area contributed by atoms with Crippen LogP contribution >= 0.6 is 34.2 Å². The quantitative estimate of drug-likeness (QED) is 0.358. The molecule has 2 aromatic rings. The fraction of sp³-hybridized carbons (Fsp3) is 0.263. The van der Waals surface area contributed by atoms with E-state index < -0.39 is 0 Å². The van der Waals surface area contributed by atoms with Crippen LogP contribution in [0.25, 0.3) is 0 Å². The Bertz CT molecular complexity index is 641. The predicted molar refractivity (Wildman–Crippen MR) is 104 cm³/mol. The highest BCUT2D eigenvalue weighted by Gasteiger charge is 2.25. The molecule has 2 aromatic carbocycles. The van der Waals surface area contributed by atoms with Crippen molar-refractivity contribution in [3.05, 3.63) is 71.8 Å². The van der Waals surface area contributed by atoms with Gasteiger partial charge in [-0.2, -0.15) is 0 Å². The second-order valence-electron chi connectivity index (χ2n) is 5.80.